The topological polar surface area (TPSA) is 28.2 Å². The molecule has 0 bridgehead atoms. The largest absolute Gasteiger partial charge is 0.368 e. The second-order valence-electron chi connectivity index (χ2n) is 5.09. The van der Waals surface area contributed by atoms with Gasteiger partial charge in [0.15, 0.2) is 0 Å². The van der Waals surface area contributed by atoms with Crippen LogP contribution < -0.4 is 5.32 Å². The highest BCUT2D eigenvalue weighted by atomic mass is 79.9. The molecule has 0 atom stereocenters. The van der Waals surface area contributed by atoms with Gasteiger partial charge < -0.3 is 10.2 Å². The molecule has 3 nitrogen and oxygen atoms in total. The lowest BCUT2D eigenvalue weighted by Gasteiger charge is -2.47. The summed E-state index contributed by atoms with van der Waals surface area (Å²) in [5, 5.41) is 3.46. The zero-order chi connectivity index (χ0) is 12.5. The van der Waals surface area contributed by atoms with Crippen LogP contribution in [0.3, 0.4) is 0 Å². The third-order valence-corrected chi connectivity index (χ3v) is 4.69. The van der Waals surface area contributed by atoms with Crippen molar-refractivity contribution >= 4 is 21.7 Å². The van der Waals surface area contributed by atoms with Crippen molar-refractivity contribution in [2.45, 2.75) is 31.7 Å². The second-order valence-corrected chi connectivity index (χ2v) is 5.94. The number of aryl methyl sites for hydroxylation is 1. The molecular weight excluding hydrogens is 278 g/mol. The van der Waals surface area contributed by atoms with Crippen molar-refractivity contribution in [1.29, 1.82) is 0 Å². The lowest BCUT2D eigenvalue weighted by Crippen LogP contribution is -2.54. The van der Waals surface area contributed by atoms with Crippen molar-refractivity contribution in [3.8, 4) is 0 Å². The van der Waals surface area contributed by atoms with Crippen LogP contribution in [-0.2, 0) is 0 Å². The lowest BCUT2D eigenvalue weighted by molar-refractivity contribution is 0.0738. The average Bonchev–Trinajstić information content (AvgIpc) is 2.21. The molecule has 1 aliphatic rings. The molecule has 0 aliphatic heterocycles. The summed E-state index contributed by atoms with van der Waals surface area (Å²) < 4.78 is 1.06. The first-order chi connectivity index (χ1) is 8.03. The Hall–Kier alpha value is -0.610. The van der Waals surface area contributed by atoms with E-state index in [9.17, 15) is 0 Å². The second kappa shape index (κ2) is 4.94. The minimum atomic E-state index is 0.336. The van der Waals surface area contributed by atoms with E-state index >= 15 is 0 Å². The molecule has 0 unspecified atom stereocenters. The Morgan fingerprint density at radius 2 is 2.12 bits per heavy atom. The zero-order valence-electron chi connectivity index (χ0n) is 10.8. The van der Waals surface area contributed by atoms with E-state index in [4.69, 9.17) is 0 Å². The molecule has 0 aromatic carbocycles. The highest BCUT2D eigenvalue weighted by molar-refractivity contribution is 9.10. The van der Waals surface area contributed by atoms with Gasteiger partial charge in [-0.15, -0.1) is 0 Å². The maximum atomic E-state index is 4.52. The van der Waals surface area contributed by atoms with E-state index < -0.39 is 0 Å². The van der Waals surface area contributed by atoms with Crippen LogP contribution in [0.25, 0.3) is 0 Å². The first-order valence-corrected chi connectivity index (χ1v) is 6.87. The summed E-state index contributed by atoms with van der Waals surface area (Å²) in [6.45, 7) is 2.99. The van der Waals surface area contributed by atoms with Gasteiger partial charge in [-0.2, -0.15) is 0 Å². The predicted molar refractivity (Wildman–Crippen MR) is 75.4 cm³/mol. The van der Waals surface area contributed by atoms with Crippen LogP contribution in [-0.4, -0.2) is 36.1 Å². The standard InChI is InChI=1S/C13H20BrN3/c1-10-11(14)5-6-12(16-10)15-9-13(17(2)3)7-4-8-13/h5-6H,4,7-9H2,1-3H3,(H,15,16). The number of halogens is 1. The number of pyridine rings is 1. The maximum Gasteiger partial charge on any atom is 0.126 e. The SMILES string of the molecule is Cc1nc(NCC2(N(C)C)CCC2)ccc1Br. The highest BCUT2D eigenvalue weighted by Gasteiger charge is 2.38. The third-order valence-electron chi connectivity index (χ3n) is 3.85. The predicted octanol–water partition coefficient (Wildman–Crippen LogP) is 3.05. The van der Waals surface area contributed by atoms with Crippen molar-refractivity contribution in [2.75, 3.05) is 26.0 Å². The van der Waals surface area contributed by atoms with Gasteiger partial charge in [0, 0.05) is 16.6 Å². The van der Waals surface area contributed by atoms with E-state index in [-0.39, 0.29) is 0 Å². The van der Waals surface area contributed by atoms with Crippen molar-refractivity contribution in [3.05, 3.63) is 22.3 Å². The zero-order valence-corrected chi connectivity index (χ0v) is 12.3. The first kappa shape index (κ1) is 12.8. The molecule has 17 heavy (non-hydrogen) atoms. The fourth-order valence-corrected chi connectivity index (χ4v) is 2.49. The summed E-state index contributed by atoms with van der Waals surface area (Å²) in [6.07, 6.45) is 3.90. The number of anilines is 1. The third kappa shape index (κ3) is 2.63. The van der Waals surface area contributed by atoms with E-state index in [2.05, 4.69) is 45.2 Å². The molecular formula is C13H20BrN3. The molecule has 94 valence electrons. The van der Waals surface area contributed by atoms with Gasteiger partial charge in [0.25, 0.3) is 0 Å². The van der Waals surface area contributed by atoms with Gasteiger partial charge >= 0.3 is 0 Å². The number of nitrogens with zero attached hydrogens (tertiary/aromatic N) is 2. The number of hydrogen-bond acceptors (Lipinski definition) is 3. The van der Waals surface area contributed by atoms with Crippen molar-refractivity contribution < 1.29 is 0 Å². The summed E-state index contributed by atoms with van der Waals surface area (Å²) >= 11 is 3.47. The first-order valence-electron chi connectivity index (χ1n) is 6.08. The monoisotopic (exact) mass is 297 g/mol. The van der Waals surface area contributed by atoms with Gasteiger partial charge in [-0.3, -0.25) is 0 Å². The van der Waals surface area contributed by atoms with Crippen LogP contribution in [0.5, 0.6) is 0 Å². The number of nitrogens with one attached hydrogen (secondary N) is 1. The van der Waals surface area contributed by atoms with Crippen molar-refractivity contribution in [1.82, 2.24) is 9.88 Å². The smallest absolute Gasteiger partial charge is 0.126 e. The number of aromatic nitrogens is 1. The normalized spacial score (nSPS) is 17.9. The van der Waals surface area contributed by atoms with Gasteiger partial charge in [0.05, 0.1) is 5.69 Å². The van der Waals surface area contributed by atoms with E-state index in [0.29, 0.717) is 5.54 Å². The maximum absolute atomic E-state index is 4.52. The van der Waals surface area contributed by atoms with Gasteiger partial charge in [0.2, 0.25) is 0 Å². The molecule has 1 aromatic rings. The Kier molecular flexibility index (Phi) is 3.73. The summed E-state index contributed by atoms with van der Waals surface area (Å²) in [5.41, 5.74) is 1.37. The molecule has 1 saturated carbocycles. The fourth-order valence-electron chi connectivity index (χ4n) is 2.26. The van der Waals surface area contributed by atoms with Crippen LogP contribution >= 0.6 is 15.9 Å². The van der Waals surface area contributed by atoms with Gasteiger partial charge in [-0.25, -0.2) is 4.98 Å². The van der Waals surface area contributed by atoms with Crippen LogP contribution in [0.4, 0.5) is 5.82 Å². The average molecular weight is 298 g/mol. The molecule has 2 rings (SSSR count). The molecule has 1 N–H and O–H groups in total. The summed E-state index contributed by atoms with van der Waals surface area (Å²) in [4.78, 5) is 6.86. The molecule has 1 heterocycles. The minimum absolute atomic E-state index is 0.336. The van der Waals surface area contributed by atoms with Crippen molar-refractivity contribution in [2.24, 2.45) is 0 Å². The van der Waals surface area contributed by atoms with Gasteiger partial charge in [-0.1, -0.05) is 0 Å². The molecule has 1 fully saturated rings. The Morgan fingerprint density at radius 3 is 2.59 bits per heavy atom. The highest BCUT2D eigenvalue weighted by Crippen LogP contribution is 2.36. The molecule has 1 aliphatic carbocycles. The molecule has 0 radical (unpaired) electrons. The number of rotatable bonds is 4. The summed E-state index contributed by atoms with van der Waals surface area (Å²) in [5.74, 6) is 0.971. The number of hydrogen-bond donors (Lipinski definition) is 1. The summed E-state index contributed by atoms with van der Waals surface area (Å²) in [6, 6.07) is 4.08. The molecule has 1 aromatic heterocycles. The van der Waals surface area contributed by atoms with E-state index in [1.807, 2.05) is 19.1 Å². The fraction of sp³-hybridized carbons (Fsp3) is 0.615. The Morgan fingerprint density at radius 1 is 1.41 bits per heavy atom. The quantitative estimate of drug-likeness (QED) is 0.926. The van der Waals surface area contributed by atoms with Gasteiger partial charge in [-0.05, 0) is 68.3 Å². The van der Waals surface area contributed by atoms with Crippen LogP contribution in [0.15, 0.2) is 16.6 Å². The van der Waals surface area contributed by atoms with E-state index in [0.717, 1.165) is 22.5 Å². The molecule has 0 spiro atoms. The lowest BCUT2D eigenvalue weighted by atomic mass is 9.75. The van der Waals surface area contributed by atoms with E-state index in [1.54, 1.807) is 0 Å². The molecule has 4 heteroatoms. The Labute approximate surface area is 112 Å². The minimum Gasteiger partial charge on any atom is -0.368 e. The van der Waals surface area contributed by atoms with Gasteiger partial charge in [0.1, 0.15) is 5.82 Å². The van der Waals surface area contributed by atoms with E-state index in [1.165, 1.54) is 19.3 Å². The molecule has 0 saturated heterocycles. The van der Waals surface area contributed by atoms with Crippen molar-refractivity contribution in [3.63, 3.8) is 0 Å². The van der Waals surface area contributed by atoms with Crippen LogP contribution in [0.1, 0.15) is 25.0 Å². The number of likely N-dealkylation sites (N-methyl/N-ethyl adjacent to an activating group) is 1. The molecule has 0 amide bonds. The summed E-state index contributed by atoms with van der Waals surface area (Å²) in [7, 11) is 4.34. The van der Waals surface area contributed by atoms with Crippen LogP contribution in [0, 0.1) is 6.92 Å². The Bertz CT molecular complexity index is 400. The van der Waals surface area contributed by atoms with Crippen LogP contribution in [0.2, 0.25) is 0 Å². The Balaban J connectivity index is 1.99.